The van der Waals surface area contributed by atoms with E-state index >= 15 is 0 Å². The van der Waals surface area contributed by atoms with E-state index in [1.54, 1.807) is 0 Å². The van der Waals surface area contributed by atoms with Crippen molar-refractivity contribution in [2.24, 2.45) is 0 Å². The zero-order valence-electron chi connectivity index (χ0n) is 11.0. The second kappa shape index (κ2) is 6.19. The molecule has 0 aliphatic carbocycles. The molecule has 1 atom stereocenters. The first-order chi connectivity index (χ1) is 9.49. The van der Waals surface area contributed by atoms with Crippen LogP contribution in [0.15, 0.2) is 35.7 Å². The Hall–Kier alpha value is -1.66. The molecule has 6 heteroatoms. The van der Waals surface area contributed by atoms with Crippen molar-refractivity contribution in [2.45, 2.75) is 25.3 Å². The zero-order valence-corrected chi connectivity index (χ0v) is 11.8. The molecule has 1 aromatic carbocycles. The summed E-state index contributed by atoms with van der Waals surface area (Å²) in [6.07, 6.45) is 2.70. The average molecular weight is 295 g/mol. The van der Waals surface area contributed by atoms with Gasteiger partial charge in [0, 0.05) is 18.0 Å². The first-order valence-corrected chi connectivity index (χ1v) is 7.96. The Morgan fingerprint density at radius 3 is 2.70 bits per heavy atom. The molecule has 1 N–H and O–H groups in total. The first-order valence-electron chi connectivity index (χ1n) is 6.46. The molecule has 1 fully saturated rings. The molecule has 108 valence electrons. The number of aliphatic carboxylic acids is 1. The Morgan fingerprint density at radius 2 is 2.05 bits per heavy atom. The molecule has 0 aromatic heterocycles. The molecule has 1 unspecified atom stereocenters. The van der Waals surface area contributed by atoms with E-state index in [4.69, 9.17) is 5.11 Å². The highest BCUT2D eigenvalue weighted by molar-refractivity contribution is 7.92. The molecule has 5 nitrogen and oxygen atoms in total. The number of hydrogen-bond acceptors (Lipinski definition) is 3. The number of carboxylic acid groups (broad SMARTS) is 1. The Morgan fingerprint density at radius 1 is 1.35 bits per heavy atom. The maximum Gasteiger partial charge on any atom is 0.304 e. The van der Waals surface area contributed by atoms with Gasteiger partial charge < -0.3 is 5.11 Å². The van der Waals surface area contributed by atoms with Crippen molar-refractivity contribution >= 4 is 22.1 Å². The number of hydrogen-bond donors (Lipinski definition) is 1. The molecule has 0 amide bonds. The van der Waals surface area contributed by atoms with E-state index in [1.165, 1.54) is 10.4 Å². The lowest BCUT2D eigenvalue weighted by Gasteiger charge is -2.20. The second-order valence-electron chi connectivity index (χ2n) is 4.76. The van der Waals surface area contributed by atoms with Crippen LogP contribution in [0.25, 0.3) is 6.08 Å². The van der Waals surface area contributed by atoms with Crippen molar-refractivity contribution in [1.82, 2.24) is 4.31 Å². The van der Waals surface area contributed by atoms with E-state index in [-0.39, 0.29) is 6.42 Å². The number of carboxylic acids is 1. The zero-order chi connectivity index (χ0) is 14.6. The van der Waals surface area contributed by atoms with Gasteiger partial charge in [-0.1, -0.05) is 30.3 Å². The highest BCUT2D eigenvalue weighted by Gasteiger charge is 2.33. The standard InChI is InChI=1S/C14H17NO4S/c16-14(17)11-13-7-4-9-15(13)20(18,19)10-8-12-5-2-1-3-6-12/h1-3,5-6,8,10,13H,4,7,9,11H2,(H,16,17)/b10-8+. The molecular formula is C14H17NO4S. The molecule has 1 saturated heterocycles. The third kappa shape index (κ3) is 3.68. The van der Waals surface area contributed by atoms with E-state index in [2.05, 4.69) is 0 Å². The van der Waals surface area contributed by atoms with Gasteiger partial charge in [0.05, 0.1) is 6.42 Å². The summed E-state index contributed by atoms with van der Waals surface area (Å²) in [5, 5.41) is 9.98. The number of sulfonamides is 1. The lowest BCUT2D eigenvalue weighted by molar-refractivity contribution is -0.137. The lowest BCUT2D eigenvalue weighted by Crippen LogP contribution is -2.35. The summed E-state index contributed by atoms with van der Waals surface area (Å²) in [6.45, 7) is 0.388. The molecule has 1 aromatic rings. The fourth-order valence-electron chi connectivity index (χ4n) is 2.36. The average Bonchev–Trinajstić information content (AvgIpc) is 2.86. The normalized spacial score (nSPS) is 20.5. The fourth-order valence-corrected chi connectivity index (χ4v) is 3.82. The third-order valence-corrected chi connectivity index (χ3v) is 4.91. The highest BCUT2D eigenvalue weighted by Crippen LogP contribution is 2.24. The van der Waals surface area contributed by atoms with Gasteiger partial charge in [-0.05, 0) is 24.5 Å². The first kappa shape index (κ1) is 14.7. The number of carbonyl (C=O) groups is 1. The van der Waals surface area contributed by atoms with Gasteiger partial charge in [0.25, 0.3) is 0 Å². The van der Waals surface area contributed by atoms with Gasteiger partial charge in [0.2, 0.25) is 10.0 Å². The smallest absolute Gasteiger partial charge is 0.304 e. The van der Waals surface area contributed by atoms with Crippen LogP contribution in [-0.2, 0) is 14.8 Å². The molecule has 0 spiro atoms. The molecule has 1 heterocycles. The van der Waals surface area contributed by atoms with E-state index < -0.39 is 22.0 Å². The molecule has 1 aliphatic heterocycles. The fraction of sp³-hybridized carbons (Fsp3) is 0.357. The van der Waals surface area contributed by atoms with Crippen LogP contribution in [0.5, 0.6) is 0 Å². The van der Waals surface area contributed by atoms with Crippen LogP contribution in [0.4, 0.5) is 0 Å². The van der Waals surface area contributed by atoms with Crippen LogP contribution in [0, 0.1) is 0 Å². The van der Waals surface area contributed by atoms with Crippen LogP contribution in [-0.4, -0.2) is 36.4 Å². The monoisotopic (exact) mass is 295 g/mol. The van der Waals surface area contributed by atoms with Crippen molar-refractivity contribution in [2.75, 3.05) is 6.54 Å². The van der Waals surface area contributed by atoms with Gasteiger partial charge in [0.15, 0.2) is 0 Å². The lowest BCUT2D eigenvalue weighted by atomic mass is 10.2. The van der Waals surface area contributed by atoms with Gasteiger partial charge in [-0.15, -0.1) is 0 Å². The van der Waals surface area contributed by atoms with Gasteiger partial charge >= 0.3 is 5.97 Å². The molecule has 1 aliphatic rings. The minimum absolute atomic E-state index is 0.140. The van der Waals surface area contributed by atoms with Crippen molar-refractivity contribution in [3.8, 4) is 0 Å². The van der Waals surface area contributed by atoms with Crippen LogP contribution in [0.3, 0.4) is 0 Å². The molecule has 0 saturated carbocycles. The number of benzene rings is 1. The van der Waals surface area contributed by atoms with Gasteiger partial charge in [-0.25, -0.2) is 8.42 Å². The summed E-state index contributed by atoms with van der Waals surface area (Å²) in [4.78, 5) is 10.8. The Labute approximate surface area is 118 Å². The van der Waals surface area contributed by atoms with Gasteiger partial charge in [-0.3, -0.25) is 4.79 Å². The van der Waals surface area contributed by atoms with Crippen molar-refractivity contribution < 1.29 is 18.3 Å². The van der Waals surface area contributed by atoms with Crippen LogP contribution >= 0.6 is 0 Å². The Balaban J connectivity index is 2.13. The van der Waals surface area contributed by atoms with E-state index in [9.17, 15) is 13.2 Å². The minimum atomic E-state index is -3.56. The summed E-state index contributed by atoms with van der Waals surface area (Å²) in [5.74, 6) is -0.968. The van der Waals surface area contributed by atoms with Crippen molar-refractivity contribution in [3.05, 3.63) is 41.3 Å². The highest BCUT2D eigenvalue weighted by atomic mass is 32.2. The Bertz CT molecular complexity index is 595. The maximum absolute atomic E-state index is 12.2. The second-order valence-corrected chi connectivity index (χ2v) is 6.53. The molecule has 0 bridgehead atoms. The molecule has 0 radical (unpaired) electrons. The van der Waals surface area contributed by atoms with Crippen LogP contribution in [0.2, 0.25) is 0 Å². The summed E-state index contributed by atoms with van der Waals surface area (Å²) in [7, 11) is -3.56. The summed E-state index contributed by atoms with van der Waals surface area (Å²) in [5.41, 5.74) is 0.796. The third-order valence-electron chi connectivity index (χ3n) is 3.29. The quantitative estimate of drug-likeness (QED) is 0.900. The molecular weight excluding hydrogens is 278 g/mol. The minimum Gasteiger partial charge on any atom is -0.481 e. The van der Waals surface area contributed by atoms with Crippen molar-refractivity contribution in [1.29, 1.82) is 0 Å². The number of nitrogens with zero attached hydrogens (tertiary/aromatic N) is 1. The van der Waals surface area contributed by atoms with Crippen molar-refractivity contribution in [3.63, 3.8) is 0 Å². The van der Waals surface area contributed by atoms with Gasteiger partial charge in [-0.2, -0.15) is 4.31 Å². The topological polar surface area (TPSA) is 74.7 Å². The number of rotatable bonds is 5. The largest absolute Gasteiger partial charge is 0.481 e. The summed E-state index contributed by atoms with van der Waals surface area (Å²) >= 11 is 0. The maximum atomic E-state index is 12.2. The predicted molar refractivity (Wildman–Crippen MR) is 76.4 cm³/mol. The van der Waals surface area contributed by atoms with E-state index in [0.717, 1.165) is 11.0 Å². The molecule has 20 heavy (non-hydrogen) atoms. The van der Waals surface area contributed by atoms with Gasteiger partial charge in [0.1, 0.15) is 0 Å². The predicted octanol–water partition coefficient (Wildman–Crippen LogP) is 1.93. The SMILES string of the molecule is O=C(O)CC1CCCN1S(=O)(=O)/C=C/c1ccccc1. The van der Waals surface area contributed by atoms with Crippen LogP contribution < -0.4 is 0 Å². The Kier molecular flexibility index (Phi) is 4.57. The summed E-state index contributed by atoms with van der Waals surface area (Å²) in [6, 6.07) is 8.70. The molecule has 2 rings (SSSR count). The summed E-state index contributed by atoms with van der Waals surface area (Å²) < 4.78 is 25.8. The van der Waals surface area contributed by atoms with E-state index in [0.29, 0.717) is 19.4 Å². The van der Waals surface area contributed by atoms with E-state index in [1.807, 2.05) is 30.3 Å². The van der Waals surface area contributed by atoms with Crippen LogP contribution in [0.1, 0.15) is 24.8 Å².